The van der Waals surface area contributed by atoms with E-state index in [0.29, 0.717) is 18.1 Å². The van der Waals surface area contributed by atoms with Gasteiger partial charge < -0.3 is 0 Å². The van der Waals surface area contributed by atoms with Crippen LogP contribution in [0.3, 0.4) is 0 Å². The smallest absolute Gasteiger partial charge is 0.163 e. The van der Waals surface area contributed by atoms with Crippen LogP contribution in [0, 0.1) is 0 Å². The van der Waals surface area contributed by atoms with Crippen molar-refractivity contribution in [1.82, 2.24) is 0 Å². The normalized spacial score (nSPS) is 19.1. The second-order valence-electron chi connectivity index (χ2n) is 4.87. The minimum atomic E-state index is 0.295. The fraction of sp³-hybridized carbons (Fsp3) is 0.235. The van der Waals surface area contributed by atoms with Gasteiger partial charge >= 0.3 is 0 Å². The summed E-state index contributed by atoms with van der Waals surface area (Å²) < 4.78 is 0. The number of fused-ring (bicyclic) bond motifs is 1. The molecule has 0 bridgehead atoms. The molecule has 1 aliphatic carbocycles. The lowest BCUT2D eigenvalue weighted by atomic mass is 9.86. The highest BCUT2D eigenvalue weighted by Gasteiger charge is 2.23. The second-order valence-corrected chi connectivity index (χ2v) is 4.87. The summed E-state index contributed by atoms with van der Waals surface area (Å²) in [7, 11) is 0. The fourth-order valence-electron chi connectivity index (χ4n) is 2.84. The third-order valence-electron chi connectivity index (χ3n) is 3.74. The topological polar surface area (TPSA) is 17.1 Å². The van der Waals surface area contributed by atoms with Crippen LogP contribution < -0.4 is 0 Å². The highest BCUT2D eigenvalue weighted by Crippen LogP contribution is 2.35. The van der Waals surface area contributed by atoms with Crippen LogP contribution in [0.5, 0.6) is 0 Å². The molecular formula is C17H16O. The van der Waals surface area contributed by atoms with Crippen molar-refractivity contribution in [3.05, 3.63) is 71.3 Å². The molecule has 0 aliphatic heterocycles. The van der Waals surface area contributed by atoms with Crippen molar-refractivity contribution >= 4 is 5.78 Å². The molecule has 0 fully saturated rings. The molecule has 2 aromatic rings. The van der Waals surface area contributed by atoms with Crippen LogP contribution in [0.4, 0.5) is 0 Å². The maximum Gasteiger partial charge on any atom is 0.163 e. The number of benzene rings is 2. The zero-order valence-corrected chi connectivity index (χ0v) is 10.3. The van der Waals surface area contributed by atoms with Crippen molar-refractivity contribution in [1.29, 1.82) is 0 Å². The molecule has 1 aliphatic rings. The average Bonchev–Trinajstić information content (AvgIpc) is 2.60. The number of Topliss-reactive ketones (excluding diaryl/α,β-unsaturated/α-hetero) is 1. The summed E-state index contributed by atoms with van der Waals surface area (Å²) >= 11 is 0. The van der Waals surface area contributed by atoms with E-state index in [2.05, 4.69) is 30.3 Å². The molecule has 0 spiro atoms. The maximum absolute atomic E-state index is 12.1. The van der Waals surface area contributed by atoms with Gasteiger partial charge in [-0.25, -0.2) is 0 Å². The highest BCUT2D eigenvalue weighted by atomic mass is 16.1. The third kappa shape index (κ3) is 1.97. The highest BCUT2D eigenvalue weighted by molar-refractivity contribution is 5.98. The molecule has 1 atom stereocenters. The van der Waals surface area contributed by atoms with Gasteiger partial charge in [-0.15, -0.1) is 0 Å². The lowest BCUT2D eigenvalue weighted by Gasteiger charge is -2.17. The molecule has 2 aromatic carbocycles. The minimum absolute atomic E-state index is 0.295. The van der Waals surface area contributed by atoms with E-state index in [4.69, 9.17) is 0 Å². The minimum Gasteiger partial charge on any atom is -0.294 e. The van der Waals surface area contributed by atoms with Crippen LogP contribution >= 0.6 is 0 Å². The quantitative estimate of drug-likeness (QED) is 0.679. The van der Waals surface area contributed by atoms with Gasteiger partial charge in [-0.3, -0.25) is 4.79 Å². The number of hydrogen-bond donors (Lipinski definition) is 0. The zero-order chi connectivity index (χ0) is 12.4. The Labute approximate surface area is 107 Å². The Morgan fingerprint density at radius 1 is 0.889 bits per heavy atom. The number of carbonyl (C=O) groups is 1. The van der Waals surface area contributed by atoms with Crippen LogP contribution in [-0.2, 0) is 0 Å². The largest absolute Gasteiger partial charge is 0.294 e. The SMILES string of the molecule is O=C1CCCC(c2ccccc2)c2ccccc21. The Morgan fingerprint density at radius 3 is 2.44 bits per heavy atom. The molecule has 1 heteroatoms. The van der Waals surface area contributed by atoms with Gasteiger partial charge in [0.25, 0.3) is 0 Å². The molecular weight excluding hydrogens is 220 g/mol. The van der Waals surface area contributed by atoms with Gasteiger partial charge in [0.05, 0.1) is 0 Å². The van der Waals surface area contributed by atoms with Crippen LogP contribution in [-0.4, -0.2) is 5.78 Å². The van der Waals surface area contributed by atoms with E-state index in [0.717, 1.165) is 18.4 Å². The molecule has 0 saturated heterocycles. The van der Waals surface area contributed by atoms with Crippen molar-refractivity contribution in [3.63, 3.8) is 0 Å². The summed E-state index contributed by atoms with van der Waals surface area (Å²) in [6, 6.07) is 18.6. The summed E-state index contributed by atoms with van der Waals surface area (Å²) in [4.78, 5) is 12.1. The standard InChI is InChI=1S/C17H16O/c18-17-12-6-11-14(13-7-2-1-3-8-13)15-9-4-5-10-16(15)17/h1-5,7-10,14H,6,11-12H2. The number of hydrogen-bond acceptors (Lipinski definition) is 1. The van der Waals surface area contributed by atoms with Crippen molar-refractivity contribution in [3.8, 4) is 0 Å². The van der Waals surface area contributed by atoms with Gasteiger partial charge in [0, 0.05) is 17.9 Å². The fourth-order valence-corrected chi connectivity index (χ4v) is 2.84. The molecule has 1 nitrogen and oxygen atoms in total. The first-order valence-electron chi connectivity index (χ1n) is 6.53. The summed E-state index contributed by atoms with van der Waals surface area (Å²) in [6.45, 7) is 0. The predicted molar refractivity (Wildman–Crippen MR) is 72.9 cm³/mol. The molecule has 18 heavy (non-hydrogen) atoms. The molecule has 0 saturated carbocycles. The first kappa shape index (κ1) is 11.2. The Bertz CT molecular complexity index is 557. The third-order valence-corrected chi connectivity index (χ3v) is 3.74. The average molecular weight is 236 g/mol. The van der Waals surface area contributed by atoms with E-state index in [1.165, 1.54) is 11.1 Å². The van der Waals surface area contributed by atoms with Crippen LogP contribution in [0.25, 0.3) is 0 Å². The molecule has 0 heterocycles. The Balaban J connectivity index is 2.11. The lowest BCUT2D eigenvalue weighted by molar-refractivity contribution is 0.0982. The van der Waals surface area contributed by atoms with Crippen LogP contribution in [0.2, 0.25) is 0 Å². The first-order valence-corrected chi connectivity index (χ1v) is 6.53. The van der Waals surface area contributed by atoms with Gasteiger partial charge in [0.15, 0.2) is 5.78 Å². The summed E-state index contributed by atoms with van der Waals surface area (Å²) in [5.74, 6) is 0.665. The summed E-state index contributed by atoms with van der Waals surface area (Å²) in [6.07, 6.45) is 2.72. The van der Waals surface area contributed by atoms with Crippen molar-refractivity contribution in [2.45, 2.75) is 25.2 Å². The van der Waals surface area contributed by atoms with Crippen molar-refractivity contribution in [2.75, 3.05) is 0 Å². The first-order chi connectivity index (χ1) is 8.86. The summed E-state index contributed by atoms with van der Waals surface area (Å²) in [5, 5.41) is 0. The Morgan fingerprint density at radius 2 is 1.61 bits per heavy atom. The molecule has 0 aromatic heterocycles. The van der Waals surface area contributed by atoms with Crippen LogP contribution in [0.1, 0.15) is 46.7 Å². The van der Waals surface area contributed by atoms with Gasteiger partial charge in [0.2, 0.25) is 0 Å². The number of rotatable bonds is 1. The molecule has 90 valence electrons. The van der Waals surface area contributed by atoms with Gasteiger partial charge in [0.1, 0.15) is 0 Å². The van der Waals surface area contributed by atoms with Crippen molar-refractivity contribution in [2.24, 2.45) is 0 Å². The second kappa shape index (κ2) is 4.77. The molecule has 0 amide bonds. The van der Waals surface area contributed by atoms with E-state index >= 15 is 0 Å². The predicted octanol–water partition coefficient (Wildman–Crippen LogP) is 4.19. The van der Waals surface area contributed by atoms with Gasteiger partial charge in [-0.05, 0) is 24.0 Å². The van der Waals surface area contributed by atoms with Crippen molar-refractivity contribution < 1.29 is 4.79 Å². The Kier molecular flexibility index (Phi) is 2.97. The lowest BCUT2D eigenvalue weighted by Crippen LogP contribution is -2.04. The Hall–Kier alpha value is -1.89. The molecule has 0 N–H and O–H groups in total. The molecule has 0 radical (unpaired) electrons. The number of carbonyl (C=O) groups excluding carboxylic acids is 1. The maximum atomic E-state index is 12.1. The van der Waals surface area contributed by atoms with Gasteiger partial charge in [-0.2, -0.15) is 0 Å². The monoisotopic (exact) mass is 236 g/mol. The molecule has 3 rings (SSSR count). The van der Waals surface area contributed by atoms with E-state index in [1.54, 1.807) is 0 Å². The van der Waals surface area contributed by atoms with E-state index in [1.807, 2.05) is 24.3 Å². The molecule has 1 unspecified atom stereocenters. The zero-order valence-electron chi connectivity index (χ0n) is 10.3. The van der Waals surface area contributed by atoms with E-state index < -0.39 is 0 Å². The van der Waals surface area contributed by atoms with E-state index in [9.17, 15) is 4.79 Å². The number of ketones is 1. The summed E-state index contributed by atoms with van der Waals surface area (Å²) in [5.41, 5.74) is 3.44. The van der Waals surface area contributed by atoms with Gasteiger partial charge in [-0.1, -0.05) is 54.6 Å². The van der Waals surface area contributed by atoms with E-state index in [-0.39, 0.29) is 0 Å². The van der Waals surface area contributed by atoms with Crippen LogP contribution in [0.15, 0.2) is 54.6 Å².